The Morgan fingerprint density at radius 2 is 2.12 bits per heavy atom. The second-order valence-electron chi connectivity index (χ2n) is 6.77. The van der Waals surface area contributed by atoms with Gasteiger partial charge in [-0.25, -0.2) is 4.68 Å². The monoisotopic (exact) mass is 394 g/mol. The number of likely N-dealkylation sites (tertiary alicyclic amines) is 1. The number of amides is 1. The molecule has 1 aromatic carbocycles. The zero-order chi connectivity index (χ0) is 18.8. The van der Waals surface area contributed by atoms with Crippen molar-refractivity contribution in [3.63, 3.8) is 0 Å². The van der Waals surface area contributed by atoms with Crippen molar-refractivity contribution >= 4 is 29.1 Å². The maximum atomic E-state index is 12.9. The largest absolute Gasteiger partial charge is 0.338 e. The molecule has 2 heterocycles. The minimum Gasteiger partial charge on any atom is -0.338 e. The molecular weight excluding hydrogens is 371 g/mol. The normalized spacial score (nSPS) is 17.1. The highest BCUT2D eigenvalue weighted by atomic mass is 35.5. The number of benzene rings is 1. The van der Waals surface area contributed by atoms with Crippen LogP contribution in [0.4, 0.5) is 0 Å². The molecule has 1 amide bonds. The number of hydrogen-bond acceptors (Lipinski definition) is 3. The van der Waals surface area contributed by atoms with Crippen LogP contribution in [0, 0.1) is 13.8 Å². The number of aryl methyl sites for hydroxylation is 1. The van der Waals surface area contributed by atoms with E-state index in [2.05, 4.69) is 10.4 Å². The third-order valence-corrected chi connectivity index (χ3v) is 5.58. The Kier molecular flexibility index (Phi) is 5.90. The Labute approximate surface area is 164 Å². The highest BCUT2D eigenvalue weighted by Gasteiger charge is 2.29. The Morgan fingerprint density at radius 1 is 1.35 bits per heavy atom. The van der Waals surface area contributed by atoms with Gasteiger partial charge in [-0.3, -0.25) is 4.79 Å². The summed E-state index contributed by atoms with van der Waals surface area (Å²) < 4.78 is 1.80. The Balaban J connectivity index is 1.85. The first-order valence-corrected chi connectivity index (χ1v) is 9.62. The van der Waals surface area contributed by atoms with Gasteiger partial charge in [0.25, 0.3) is 0 Å². The molecule has 0 saturated carbocycles. The highest BCUT2D eigenvalue weighted by molar-refractivity contribution is 6.35. The van der Waals surface area contributed by atoms with Gasteiger partial charge in [0, 0.05) is 35.4 Å². The number of rotatable bonds is 5. The molecule has 2 aromatic rings. The van der Waals surface area contributed by atoms with E-state index in [0.29, 0.717) is 16.5 Å². The van der Waals surface area contributed by atoms with Gasteiger partial charge in [-0.2, -0.15) is 5.10 Å². The van der Waals surface area contributed by atoms with Gasteiger partial charge in [0.05, 0.1) is 22.8 Å². The van der Waals surface area contributed by atoms with Crippen molar-refractivity contribution in [1.82, 2.24) is 20.0 Å². The topological polar surface area (TPSA) is 50.2 Å². The average molecular weight is 395 g/mol. The summed E-state index contributed by atoms with van der Waals surface area (Å²) in [7, 11) is 1.93. The summed E-state index contributed by atoms with van der Waals surface area (Å²) >= 11 is 12.3. The van der Waals surface area contributed by atoms with Crippen molar-refractivity contribution in [3.8, 4) is 5.69 Å². The lowest BCUT2D eigenvalue weighted by Crippen LogP contribution is -2.41. The molecule has 0 radical (unpaired) electrons. The van der Waals surface area contributed by atoms with Gasteiger partial charge in [0.2, 0.25) is 5.91 Å². The van der Waals surface area contributed by atoms with Crippen LogP contribution in [0.25, 0.3) is 5.69 Å². The van der Waals surface area contributed by atoms with Crippen LogP contribution in [-0.4, -0.2) is 46.8 Å². The molecule has 1 unspecified atom stereocenters. The van der Waals surface area contributed by atoms with Gasteiger partial charge >= 0.3 is 0 Å². The van der Waals surface area contributed by atoms with Crippen LogP contribution in [0.2, 0.25) is 10.0 Å². The number of nitrogens with one attached hydrogen (secondary N) is 1. The lowest BCUT2D eigenvalue weighted by molar-refractivity contribution is -0.131. The first-order valence-electron chi connectivity index (χ1n) is 8.87. The Bertz CT molecular complexity index is 818. The predicted octanol–water partition coefficient (Wildman–Crippen LogP) is 3.55. The number of halogens is 2. The standard InChI is InChI=1S/C19H24Cl2N4O/c1-12-16(10-19(26)24-8-4-5-15(24)11-22-3)13(2)25(23-12)18-7-6-14(20)9-17(18)21/h6-7,9,15,22H,4-5,8,10-11H2,1-3H3. The van der Waals surface area contributed by atoms with Gasteiger partial charge in [0.15, 0.2) is 0 Å². The molecule has 3 rings (SSSR count). The SMILES string of the molecule is CNCC1CCCN1C(=O)Cc1c(C)nn(-c2ccc(Cl)cc2Cl)c1C. The van der Waals surface area contributed by atoms with E-state index in [4.69, 9.17) is 23.2 Å². The zero-order valence-corrected chi connectivity index (χ0v) is 16.9. The van der Waals surface area contributed by atoms with E-state index in [1.807, 2.05) is 31.9 Å². The smallest absolute Gasteiger partial charge is 0.227 e. The summed E-state index contributed by atoms with van der Waals surface area (Å²) in [6.45, 7) is 5.58. The van der Waals surface area contributed by atoms with Crippen LogP contribution in [0.15, 0.2) is 18.2 Å². The van der Waals surface area contributed by atoms with Gasteiger partial charge < -0.3 is 10.2 Å². The van der Waals surface area contributed by atoms with Crippen molar-refractivity contribution in [1.29, 1.82) is 0 Å². The zero-order valence-electron chi connectivity index (χ0n) is 15.4. The molecule has 1 aromatic heterocycles. The first-order chi connectivity index (χ1) is 12.4. The quantitative estimate of drug-likeness (QED) is 0.843. The lowest BCUT2D eigenvalue weighted by Gasteiger charge is -2.24. The van der Waals surface area contributed by atoms with E-state index in [-0.39, 0.29) is 11.9 Å². The molecule has 7 heteroatoms. The summed E-state index contributed by atoms with van der Waals surface area (Å²) in [4.78, 5) is 14.9. The second-order valence-corrected chi connectivity index (χ2v) is 7.62. The van der Waals surface area contributed by atoms with Crippen molar-refractivity contribution in [3.05, 3.63) is 45.2 Å². The predicted molar refractivity (Wildman–Crippen MR) is 105 cm³/mol. The summed E-state index contributed by atoms with van der Waals surface area (Å²) in [5, 5.41) is 8.91. The molecule has 26 heavy (non-hydrogen) atoms. The molecule has 1 aliphatic rings. The minimum absolute atomic E-state index is 0.163. The number of carbonyl (C=O) groups excluding carboxylic acids is 1. The van der Waals surface area contributed by atoms with E-state index in [0.717, 1.165) is 48.6 Å². The van der Waals surface area contributed by atoms with Crippen molar-refractivity contribution in [2.24, 2.45) is 0 Å². The molecule has 1 fully saturated rings. The van der Waals surface area contributed by atoms with Gasteiger partial charge in [0.1, 0.15) is 0 Å². The van der Waals surface area contributed by atoms with Crippen LogP contribution in [0.1, 0.15) is 29.8 Å². The fourth-order valence-electron chi connectivity index (χ4n) is 3.68. The fraction of sp³-hybridized carbons (Fsp3) is 0.474. The molecule has 140 valence electrons. The molecule has 5 nitrogen and oxygen atoms in total. The fourth-order valence-corrected chi connectivity index (χ4v) is 4.17. The molecule has 1 aliphatic heterocycles. The molecule has 1 saturated heterocycles. The van der Waals surface area contributed by atoms with Gasteiger partial charge in [-0.1, -0.05) is 23.2 Å². The summed E-state index contributed by atoms with van der Waals surface area (Å²) in [6.07, 6.45) is 2.49. The highest BCUT2D eigenvalue weighted by Crippen LogP contribution is 2.27. The molecular formula is C19H24Cl2N4O. The minimum atomic E-state index is 0.163. The number of nitrogens with zero attached hydrogens (tertiary/aromatic N) is 3. The van der Waals surface area contributed by atoms with Gasteiger partial charge in [-0.05, 0) is 51.9 Å². The molecule has 1 N–H and O–H groups in total. The van der Waals surface area contributed by atoms with Crippen LogP contribution in [0.3, 0.4) is 0 Å². The number of hydrogen-bond donors (Lipinski definition) is 1. The van der Waals surface area contributed by atoms with Gasteiger partial charge in [-0.15, -0.1) is 0 Å². The van der Waals surface area contributed by atoms with Crippen LogP contribution < -0.4 is 5.32 Å². The maximum absolute atomic E-state index is 12.9. The number of likely N-dealkylation sites (N-methyl/N-ethyl adjacent to an activating group) is 1. The average Bonchev–Trinajstić information content (AvgIpc) is 3.15. The Hall–Kier alpha value is -1.56. The summed E-state index contributed by atoms with van der Waals surface area (Å²) in [5.41, 5.74) is 3.52. The molecule has 0 bridgehead atoms. The number of carbonyl (C=O) groups is 1. The van der Waals surface area contributed by atoms with Crippen LogP contribution >= 0.6 is 23.2 Å². The maximum Gasteiger partial charge on any atom is 0.227 e. The van der Waals surface area contributed by atoms with E-state index in [9.17, 15) is 4.79 Å². The third-order valence-electron chi connectivity index (χ3n) is 5.04. The first kappa shape index (κ1) is 19.2. The van der Waals surface area contributed by atoms with Crippen molar-refractivity contribution < 1.29 is 4.79 Å². The van der Waals surface area contributed by atoms with Crippen LogP contribution in [-0.2, 0) is 11.2 Å². The molecule has 0 spiro atoms. The van der Waals surface area contributed by atoms with Crippen molar-refractivity contribution in [2.75, 3.05) is 20.1 Å². The summed E-state index contributed by atoms with van der Waals surface area (Å²) in [5.74, 6) is 0.163. The van der Waals surface area contributed by atoms with E-state index in [1.165, 1.54) is 0 Å². The van der Waals surface area contributed by atoms with E-state index < -0.39 is 0 Å². The second kappa shape index (κ2) is 7.99. The third kappa shape index (κ3) is 3.75. The number of aromatic nitrogens is 2. The Morgan fingerprint density at radius 3 is 2.81 bits per heavy atom. The summed E-state index contributed by atoms with van der Waals surface area (Å²) in [6, 6.07) is 5.62. The van der Waals surface area contributed by atoms with E-state index >= 15 is 0 Å². The van der Waals surface area contributed by atoms with Crippen LogP contribution in [0.5, 0.6) is 0 Å². The van der Waals surface area contributed by atoms with Crippen molar-refractivity contribution in [2.45, 2.75) is 39.2 Å². The van der Waals surface area contributed by atoms with E-state index in [1.54, 1.807) is 16.8 Å². The molecule has 1 atom stereocenters. The molecule has 0 aliphatic carbocycles. The lowest BCUT2D eigenvalue weighted by atomic mass is 10.1.